The fraction of sp³-hybridized carbons (Fsp3) is 0.235. The second-order valence-electron chi connectivity index (χ2n) is 5.73. The minimum Gasteiger partial charge on any atom is -0.346 e. The number of nitrogens with zero attached hydrogens (tertiary/aromatic N) is 3. The maximum atomic E-state index is 12.4. The molecule has 0 atom stereocenters. The van der Waals surface area contributed by atoms with Gasteiger partial charge in [0.2, 0.25) is 0 Å². The topological polar surface area (TPSA) is 87.6 Å². The van der Waals surface area contributed by atoms with Crippen molar-refractivity contribution in [2.24, 2.45) is 0 Å². The molecule has 0 aliphatic carbocycles. The van der Waals surface area contributed by atoms with Gasteiger partial charge in [-0.25, -0.2) is 4.98 Å². The van der Waals surface area contributed by atoms with Crippen LogP contribution in [0, 0.1) is 0 Å². The van der Waals surface area contributed by atoms with Gasteiger partial charge in [0, 0.05) is 36.6 Å². The van der Waals surface area contributed by atoms with Gasteiger partial charge in [-0.15, -0.1) is 0 Å². The summed E-state index contributed by atoms with van der Waals surface area (Å²) in [6.45, 7) is 3.05. The number of carbonyl (C=O) groups excluding carboxylic acids is 1. The van der Waals surface area contributed by atoms with Gasteiger partial charge < -0.3 is 15.6 Å². The highest BCUT2D eigenvalue weighted by molar-refractivity contribution is 5.95. The monoisotopic (exact) mass is 322 g/mol. The van der Waals surface area contributed by atoms with Crippen LogP contribution in [-0.2, 0) is 19.6 Å². The minimum absolute atomic E-state index is 0.118. The number of H-pyrrole nitrogens is 1. The van der Waals surface area contributed by atoms with Crippen LogP contribution in [0.25, 0.3) is 11.4 Å². The van der Waals surface area contributed by atoms with Crippen LogP contribution >= 0.6 is 0 Å². The first-order chi connectivity index (χ1) is 11.8. The molecule has 1 aliphatic rings. The lowest BCUT2D eigenvalue weighted by Gasteiger charge is -2.13. The highest BCUT2D eigenvalue weighted by atomic mass is 16.1. The molecule has 1 aromatic carbocycles. The molecule has 0 radical (unpaired) electrons. The highest BCUT2D eigenvalue weighted by Crippen LogP contribution is 2.16. The van der Waals surface area contributed by atoms with E-state index in [0.717, 1.165) is 42.4 Å². The maximum Gasteiger partial charge on any atom is 0.251 e. The number of benzene rings is 1. The number of nitrogens with one attached hydrogen (secondary N) is 3. The van der Waals surface area contributed by atoms with Crippen LogP contribution in [0.2, 0.25) is 0 Å². The first-order valence-corrected chi connectivity index (χ1v) is 7.94. The first-order valence-electron chi connectivity index (χ1n) is 7.94. The second-order valence-corrected chi connectivity index (χ2v) is 5.73. The van der Waals surface area contributed by atoms with Gasteiger partial charge in [0.05, 0.1) is 24.5 Å². The molecule has 7 heteroatoms. The van der Waals surface area contributed by atoms with Gasteiger partial charge in [0.1, 0.15) is 5.82 Å². The van der Waals surface area contributed by atoms with Crippen molar-refractivity contribution in [1.29, 1.82) is 0 Å². The van der Waals surface area contributed by atoms with Gasteiger partial charge in [-0.05, 0) is 18.2 Å². The Morgan fingerprint density at radius 2 is 2.29 bits per heavy atom. The maximum absolute atomic E-state index is 12.4. The molecule has 0 fully saturated rings. The standard InChI is InChI=1S/C17H18N6O/c24-17(13-3-1-2-12(8-13)16-19-4-5-20-16)21-10-14-9-15-11-18-6-7-23(15)22-14/h1-5,8-9,18H,6-7,10-11H2,(H,19,20)(H,21,24). The molecule has 7 nitrogen and oxygen atoms in total. The van der Waals surface area contributed by atoms with Gasteiger partial charge >= 0.3 is 0 Å². The van der Waals surface area contributed by atoms with Gasteiger partial charge in [0.25, 0.3) is 5.91 Å². The summed E-state index contributed by atoms with van der Waals surface area (Å²) >= 11 is 0. The second kappa shape index (κ2) is 6.29. The van der Waals surface area contributed by atoms with Crippen molar-refractivity contribution in [3.8, 4) is 11.4 Å². The number of hydrogen-bond acceptors (Lipinski definition) is 4. The van der Waals surface area contributed by atoms with Crippen molar-refractivity contribution in [2.75, 3.05) is 6.54 Å². The largest absolute Gasteiger partial charge is 0.346 e. The number of aromatic amines is 1. The minimum atomic E-state index is -0.118. The molecule has 0 bridgehead atoms. The molecule has 3 aromatic rings. The molecule has 3 N–H and O–H groups in total. The number of aromatic nitrogens is 4. The zero-order valence-electron chi connectivity index (χ0n) is 13.1. The molecular formula is C17H18N6O. The highest BCUT2D eigenvalue weighted by Gasteiger charge is 2.13. The van der Waals surface area contributed by atoms with Gasteiger partial charge in [-0.3, -0.25) is 9.48 Å². The van der Waals surface area contributed by atoms with Crippen LogP contribution in [0.3, 0.4) is 0 Å². The third-order valence-corrected chi connectivity index (χ3v) is 4.05. The molecule has 4 rings (SSSR count). The molecule has 0 spiro atoms. The van der Waals surface area contributed by atoms with Crippen molar-refractivity contribution >= 4 is 5.91 Å². The Bertz CT molecular complexity index is 828. The molecule has 0 saturated carbocycles. The third kappa shape index (κ3) is 2.93. The summed E-state index contributed by atoms with van der Waals surface area (Å²) in [6.07, 6.45) is 3.45. The van der Waals surface area contributed by atoms with Crippen molar-refractivity contribution in [1.82, 2.24) is 30.4 Å². The quantitative estimate of drug-likeness (QED) is 0.676. The normalized spacial score (nSPS) is 13.5. The SMILES string of the molecule is O=C(NCc1cc2n(n1)CCNC2)c1cccc(-c2ncc[nH]2)c1. The molecule has 1 aliphatic heterocycles. The molecule has 0 unspecified atom stereocenters. The molecular weight excluding hydrogens is 304 g/mol. The van der Waals surface area contributed by atoms with E-state index in [9.17, 15) is 4.79 Å². The Hall–Kier alpha value is -2.93. The van der Waals surface area contributed by atoms with Crippen LogP contribution in [0.1, 0.15) is 21.7 Å². The number of fused-ring (bicyclic) bond motifs is 1. The smallest absolute Gasteiger partial charge is 0.251 e. The number of amides is 1. The first kappa shape index (κ1) is 14.6. The van der Waals surface area contributed by atoms with Crippen molar-refractivity contribution in [3.05, 3.63) is 59.7 Å². The average Bonchev–Trinajstić information content (AvgIpc) is 3.29. The lowest BCUT2D eigenvalue weighted by atomic mass is 10.1. The van der Waals surface area contributed by atoms with Crippen LogP contribution in [0.5, 0.6) is 0 Å². The Morgan fingerprint density at radius 1 is 1.33 bits per heavy atom. The Morgan fingerprint density at radius 3 is 3.12 bits per heavy atom. The summed E-state index contributed by atoms with van der Waals surface area (Å²) in [5.41, 5.74) is 3.53. The van der Waals surface area contributed by atoms with E-state index in [1.54, 1.807) is 18.5 Å². The van der Waals surface area contributed by atoms with Crippen LogP contribution in [0.4, 0.5) is 0 Å². The summed E-state index contributed by atoms with van der Waals surface area (Å²) < 4.78 is 2.00. The van der Waals surface area contributed by atoms with Gasteiger partial charge in [-0.1, -0.05) is 12.1 Å². The van der Waals surface area contributed by atoms with Crippen molar-refractivity contribution in [3.63, 3.8) is 0 Å². The van der Waals surface area contributed by atoms with Gasteiger partial charge in [-0.2, -0.15) is 5.10 Å². The molecule has 2 aromatic heterocycles. The van der Waals surface area contributed by atoms with Crippen LogP contribution in [0.15, 0.2) is 42.7 Å². The number of rotatable bonds is 4. The van der Waals surface area contributed by atoms with E-state index in [-0.39, 0.29) is 5.91 Å². The van der Waals surface area contributed by atoms with Crippen LogP contribution < -0.4 is 10.6 Å². The zero-order chi connectivity index (χ0) is 16.4. The average molecular weight is 322 g/mol. The number of imidazole rings is 1. The van der Waals surface area contributed by atoms with E-state index in [2.05, 4.69) is 25.7 Å². The molecule has 122 valence electrons. The molecule has 1 amide bonds. The van der Waals surface area contributed by atoms with E-state index < -0.39 is 0 Å². The van der Waals surface area contributed by atoms with E-state index in [4.69, 9.17) is 0 Å². The van der Waals surface area contributed by atoms with Gasteiger partial charge in [0.15, 0.2) is 0 Å². The third-order valence-electron chi connectivity index (χ3n) is 4.05. The van der Waals surface area contributed by atoms with E-state index >= 15 is 0 Å². The lowest BCUT2D eigenvalue weighted by Crippen LogP contribution is -2.28. The summed E-state index contributed by atoms with van der Waals surface area (Å²) in [7, 11) is 0. The van der Waals surface area contributed by atoms with Crippen molar-refractivity contribution in [2.45, 2.75) is 19.6 Å². The Kier molecular flexibility index (Phi) is 3.84. The molecule has 24 heavy (non-hydrogen) atoms. The molecule has 0 saturated heterocycles. The van der Waals surface area contributed by atoms with E-state index in [1.807, 2.05) is 28.9 Å². The fourth-order valence-corrected chi connectivity index (χ4v) is 2.84. The summed E-state index contributed by atoms with van der Waals surface area (Å²) in [5.74, 6) is 0.631. The van der Waals surface area contributed by atoms with Crippen molar-refractivity contribution < 1.29 is 4.79 Å². The lowest BCUT2D eigenvalue weighted by molar-refractivity contribution is 0.0950. The van der Waals surface area contributed by atoms with Crippen LogP contribution in [-0.4, -0.2) is 32.2 Å². The number of hydrogen-bond donors (Lipinski definition) is 3. The zero-order valence-corrected chi connectivity index (χ0v) is 13.1. The Labute approximate surface area is 139 Å². The molecule has 3 heterocycles. The van der Waals surface area contributed by atoms with E-state index in [1.165, 1.54) is 0 Å². The summed E-state index contributed by atoms with van der Waals surface area (Å²) in [4.78, 5) is 19.6. The number of carbonyl (C=O) groups is 1. The predicted molar refractivity (Wildman–Crippen MR) is 89.1 cm³/mol. The summed E-state index contributed by atoms with van der Waals surface area (Å²) in [6, 6.07) is 9.44. The summed E-state index contributed by atoms with van der Waals surface area (Å²) in [5, 5.41) is 10.8. The Balaban J connectivity index is 1.44. The predicted octanol–water partition coefficient (Wildman–Crippen LogP) is 1.31. The van der Waals surface area contributed by atoms with E-state index in [0.29, 0.717) is 12.1 Å². The fourth-order valence-electron chi connectivity index (χ4n) is 2.84.